The van der Waals surface area contributed by atoms with Crippen LogP contribution in [0.2, 0.25) is 0 Å². The van der Waals surface area contributed by atoms with Crippen LogP contribution in [-0.2, 0) is 4.79 Å². The van der Waals surface area contributed by atoms with Gasteiger partial charge in [0.1, 0.15) is 0 Å². The number of carboxylic acid groups (broad SMARTS) is 1. The highest BCUT2D eigenvalue weighted by molar-refractivity contribution is 5.70. The van der Waals surface area contributed by atoms with Crippen LogP contribution in [0.1, 0.15) is 6.92 Å². The van der Waals surface area contributed by atoms with E-state index in [1.165, 1.54) is 13.0 Å². The molecule has 0 aliphatic rings. The monoisotopic (exact) mass is 130 g/mol. The van der Waals surface area contributed by atoms with Gasteiger partial charge in [0.25, 0.3) is 0 Å². The van der Waals surface area contributed by atoms with E-state index in [9.17, 15) is 4.79 Å². The second-order valence-corrected chi connectivity index (χ2v) is 1.85. The quantitative estimate of drug-likeness (QED) is 0.538. The summed E-state index contributed by atoms with van der Waals surface area (Å²) < 4.78 is 0. The maximum atomic E-state index is 10.1. The summed E-state index contributed by atoms with van der Waals surface area (Å²) in [5.41, 5.74) is 0. The van der Waals surface area contributed by atoms with E-state index < -0.39 is 18.0 Å². The Morgan fingerprint density at radius 3 is 2.33 bits per heavy atom. The molecule has 0 amide bonds. The lowest BCUT2D eigenvalue weighted by atomic mass is 10.1. The summed E-state index contributed by atoms with van der Waals surface area (Å²) in [6.45, 7) is 4.68. The van der Waals surface area contributed by atoms with Crippen LogP contribution >= 0.6 is 0 Å². The maximum Gasteiger partial charge on any atom is 0.309 e. The van der Waals surface area contributed by atoms with Gasteiger partial charge in [-0.2, -0.15) is 0 Å². The van der Waals surface area contributed by atoms with Gasteiger partial charge in [0, 0.05) is 0 Å². The first kappa shape index (κ1) is 8.17. The number of aliphatic hydroxyl groups excluding tert-OH is 1. The first-order valence-electron chi connectivity index (χ1n) is 2.63. The minimum atomic E-state index is -1.01. The number of aliphatic carboxylic acids is 1. The first-order chi connectivity index (χ1) is 4.09. The largest absolute Gasteiger partial charge is 0.481 e. The van der Waals surface area contributed by atoms with Gasteiger partial charge in [-0.3, -0.25) is 4.79 Å². The lowest BCUT2D eigenvalue weighted by molar-refractivity contribution is -0.143. The van der Waals surface area contributed by atoms with E-state index >= 15 is 0 Å². The zero-order chi connectivity index (χ0) is 7.44. The molecule has 0 saturated heterocycles. The second kappa shape index (κ2) is 3.25. The summed E-state index contributed by atoms with van der Waals surface area (Å²) >= 11 is 0. The zero-order valence-corrected chi connectivity index (χ0v) is 5.24. The number of hydrogen-bond acceptors (Lipinski definition) is 2. The van der Waals surface area contributed by atoms with Crippen molar-refractivity contribution in [3.05, 3.63) is 12.7 Å². The molecule has 0 aromatic heterocycles. The van der Waals surface area contributed by atoms with Crippen molar-refractivity contribution in [3.63, 3.8) is 0 Å². The lowest BCUT2D eigenvalue weighted by Gasteiger charge is -2.08. The molecule has 3 nitrogen and oxygen atoms in total. The molecular formula is C6H10O3. The van der Waals surface area contributed by atoms with Gasteiger partial charge in [0.05, 0.1) is 12.0 Å². The van der Waals surface area contributed by atoms with Gasteiger partial charge in [0.2, 0.25) is 0 Å². The minimum Gasteiger partial charge on any atom is -0.481 e. The Morgan fingerprint density at radius 1 is 1.78 bits per heavy atom. The number of hydrogen-bond donors (Lipinski definition) is 2. The summed E-state index contributed by atoms with van der Waals surface area (Å²) in [6, 6.07) is 0. The van der Waals surface area contributed by atoms with Crippen molar-refractivity contribution in [2.75, 3.05) is 0 Å². The van der Waals surface area contributed by atoms with Crippen molar-refractivity contribution in [3.8, 4) is 0 Å². The van der Waals surface area contributed by atoms with E-state index in [1.54, 1.807) is 0 Å². The molecule has 0 spiro atoms. The molecule has 0 aromatic carbocycles. The molecule has 0 aromatic rings. The molecule has 52 valence electrons. The summed E-state index contributed by atoms with van der Waals surface area (Å²) in [4.78, 5) is 10.1. The highest BCUT2D eigenvalue weighted by Gasteiger charge is 2.17. The van der Waals surface area contributed by atoms with E-state index in [0.717, 1.165) is 0 Å². The fourth-order valence-corrected chi connectivity index (χ4v) is 0.350. The van der Waals surface area contributed by atoms with Crippen molar-refractivity contribution in [2.45, 2.75) is 13.0 Å². The van der Waals surface area contributed by atoms with Gasteiger partial charge in [-0.15, -0.1) is 6.58 Å². The SMILES string of the molecule is C=C[C@H](O)[C@H](C)C(=O)O. The van der Waals surface area contributed by atoms with Crippen molar-refractivity contribution >= 4 is 5.97 Å². The Labute approximate surface area is 53.6 Å². The first-order valence-corrected chi connectivity index (χ1v) is 2.63. The van der Waals surface area contributed by atoms with E-state index in [2.05, 4.69) is 6.58 Å². The number of rotatable bonds is 3. The third-order valence-corrected chi connectivity index (χ3v) is 1.14. The molecule has 0 aliphatic heterocycles. The van der Waals surface area contributed by atoms with Crippen molar-refractivity contribution in [1.29, 1.82) is 0 Å². The lowest BCUT2D eigenvalue weighted by Crippen LogP contribution is -2.22. The molecule has 0 rings (SSSR count). The smallest absolute Gasteiger partial charge is 0.309 e. The van der Waals surface area contributed by atoms with Crippen LogP contribution in [0.5, 0.6) is 0 Å². The van der Waals surface area contributed by atoms with E-state index in [0.29, 0.717) is 0 Å². The average Bonchev–Trinajstić information content (AvgIpc) is 1.84. The predicted molar refractivity (Wildman–Crippen MR) is 33.0 cm³/mol. The van der Waals surface area contributed by atoms with Crippen LogP contribution in [0.3, 0.4) is 0 Å². The third kappa shape index (κ3) is 2.28. The molecule has 0 bridgehead atoms. The van der Waals surface area contributed by atoms with Crippen LogP contribution in [0, 0.1) is 5.92 Å². The Balaban J connectivity index is 3.86. The Hall–Kier alpha value is -0.830. The summed E-state index contributed by atoms with van der Waals surface area (Å²) in [5, 5.41) is 17.1. The van der Waals surface area contributed by atoms with Crippen LogP contribution < -0.4 is 0 Å². The van der Waals surface area contributed by atoms with E-state index in [4.69, 9.17) is 10.2 Å². The topological polar surface area (TPSA) is 57.5 Å². The fraction of sp³-hybridized carbons (Fsp3) is 0.500. The standard InChI is InChI=1S/C6H10O3/c1-3-5(7)4(2)6(8)9/h3-5,7H,1H2,2H3,(H,8,9)/t4-,5-/m0/s1. The van der Waals surface area contributed by atoms with Crippen molar-refractivity contribution < 1.29 is 15.0 Å². The van der Waals surface area contributed by atoms with Gasteiger partial charge >= 0.3 is 5.97 Å². The van der Waals surface area contributed by atoms with Crippen LogP contribution in [-0.4, -0.2) is 22.3 Å². The number of carboxylic acids is 1. The van der Waals surface area contributed by atoms with Gasteiger partial charge in [-0.1, -0.05) is 6.08 Å². The second-order valence-electron chi connectivity index (χ2n) is 1.85. The van der Waals surface area contributed by atoms with Crippen molar-refractivity contribution in [1.82, 2.24) is 0 Å². The fourth-order valence-electron chi connectivity index (χ4n) is 0.350. The Kier molecular flexibility index (Phi) is 2.95. The van der Waals surface area contributed by atoms with Gasteiger partial charge in [-0.25, -0.2) is 0 Å². The number of aliphatic hydroxyl groups is 1. The summed E-state index contributed by atoms with van der Waals surface area (Å²) in [7, 11) is 0. The van der Waals surface area contributed by atoms with Crippen LogP contribution in [0.4, 0.5) is 0 Å². The molecule has 3 heteroatoms. The number of carbonyl (C=O) groups is 1. The van der Waals surface area contributed by atoms with Gasteiger partial charge < -0.3 is 10.2 Å². The minimum absolute atomic E-state index is 0.762. The van der Waals surface area contributed by atoms with E-state index in [-0.39, 0.29) is 0 Å². The molecule has 0 fully saturated rings. The molecule has 0 unspecified atom stereocenters. The van der Waals surface area contributed by atoms with Crippen LogP contribution in [0.15, 0.2) is 12.7 Å². The molecule has 2 N–H and O–H groups in total. The van der Waals surface area contributed by atoms with Gasteiger partial charge in [0.15, 0.2) is 0 Å². The van der Waals surface area contributed by atoms with Crippen molar-refractivity contribution in [2.24, 2.45) is 5.92 Å². The average molecular weight is 130 g/mol. The maximum absolute atomic E-state index is 10.1. The Bertz CT molecular complexity index is 119. The molecule has 0 aliphatic carbocycles. The molecule has 0 saturated carbocycles. The van der Waals surface area contributed by atoms with Crippen LogP contribution in [0.25, 0.3) is 0 Å². The highest BCUT2D eigenvalue weighted by atomic mass is 16.4. The third-order valence-electron chi connectivity index (χ3n) is 1.14. The highest BCUT2D eigenvalue weighted by Crippen LogP contribution is 2.02. The zero-order valence-electron chi connectivity index (χ0n) is 5.24. The summed E-state index contributed by atoms with van der Waals surface area (Å²) in [5.74, 6) is -1.77. The molecule has 9 heavy (non-hydrogen) atoms. The molecule has 2 atom stereocenters. The Morgan fingerprint density at radius 2 is 2.22 bits per heavy atom. The summed E-state index contributed by atoms with van der Waals surface area (Å²) in [6.07, 6.45) is 0.265. The molecule has 0 radical (unpaired) electrons. The molecule has 0 heterocycles. The predicted octanol–water partition coefficient (Wildman–Crippen LogP) is 0.254. The molecular weight excluding hydrogens is 120 g/mol. The normalized spacial score (nSPS) is 16.2. The van der Waals surface area contributed by atoms with E-state index in [1.807, 2.05) is 0 Å². The van der Waals surface area contributed by atoms with Gasteiger partial charge in [-0.05, 0) is 6.92 Å².